The average Bonchev–Trinajstić information content (AvgIpc) is 2.64. The Morgan fingerprint density at radius 1 is 1.35 bits per heavy atom. The molecule has 0 amide bonds. The third-order valence-electron chi connectivity index (χ3n) is 2.88. The molecule has 0 aromatic carbocycles. The van der Waals surface area contributed by atoms with Gasteiger partial charge in [-0.2, -0.15) is 13.1 Å². The number of carbonyl (C=O) groups is 1. The van der Waals surface area contributed by atoms with Crippen molar-refractivity contribution < 1.29 is 18.3 Å². The molecule has 1 fully saturated rings. The van der Waals surface area contributed by atoms with E-state index in [2.05, 4.69) is 9.44 Å². The van der Waals surface area contributed by atoms with Crippen molar-refractivity contribution in [2.24, 2.45) is 5.92 Å². The maximum absolute atomic E-state index is 11.7. The number of hydrogen-bond donors (Lipinski definition) is 3. The second kappa shape index (κ2) is 5.32. The Labute approximate surface area is 102 Å². The first-order valence-corrected chi connectivity index (χ1v) is 7.28. The second-order valence-corrected chi connectivity index (χ2v) is 6.44. The van der Waals surface area contributed by atoms with Crippen LogP contribution in [0.25, 0.3) is 0 Å². The lowest BCUT2D eigenvalue weighted by Crippen LogP contribution is -2.55. The number of carboxylic acids is 1. The van der Waals surface area contributed by atoms with Crippen molar-refractivity contribution in [2.75, 3.05) is 6.54 Å². The van der Waals surface area contributed by atoms with Gasteiger partial charge in [-0.15, -0.1) is 0 Å². The van der Waals surface area contributed by atoms with Crippen LogP contribution in [0.2, 0.25) is 0 Å². The fraction of sp³-hybridized carbons (Fsp3) is 0.900. The molecular formula is C10H20N2O4S. The molecule has 0 aromatic heterocycles. The van der Waals surface area contributed by atoms with Gasteiger partial charge in [0.25, 0.3) is 10.2 Å². The summed E-state index contributed by atoms with van der Waals surface area (Å²) in [4.78, 5) is 11.2. The van der Waals surface area contributed by atoms with E-state index in [4.69, 9.17) is 5.11 Å². The van der Waals surface area contributed by atoms with Gasteiger partial charge in [-0.25, -0.2) is 4.72 Å². The van der Waals surface area contributed by atoms with E-state index >= 15 is 0 Å². The third kappa shape index (κ3) is 3.93. The standard InChI is InChI=1S/C10H20N2O4S/c1-8(2)7-11-17(15,16)12-10(9(13)14)5-3-4-6-10/h8,11-12H,3-7H2,1-2H3,(H,13,14). The fourth-order valence-corrected chi connectivity index (χ4v) is 3.34. The first kappa shape index (κ1) is 14.4. The van der Waals surface area contributed by atoms with Crippen LogP contribution in [0.15, 0.2) is 0 Å². The number of rotatable bonds is 6. The molecule has 1 aliphatic rings. The summed E-state index contributed by atoms with van der Waals surface area (Å²) in [6.45, 7) is 4.06. The second-order valence-electron chi connectivity index (χ2n) is 4.94. The summed E-state index contributed by atoms with van der Waals surface area (Å²) in [5.74, 6) is -0.916. The molecule has 0 saturated heterocycles. The van der Waals surface area contributed by atoms with Crippen molar-refractivity contribution in [3.8, 4) is 0 Å². The quantitative estimate of drug-likeness (QED) is 0.649. The van der Waals surface area contributed by atoms with Gasteiger partial charge in [-0.3, -0.25) is 4.79 Å². The van der Waals surface area contributed by atoms with E-state index < -0.39 is 21.7 Å². The van der Waals surface area contributed by atoms with Crippen molar-refractivity contribution in [1.29, 1.82) is 0 Å². The van der Waals surface area contributed by atoms with Gasteiger partial charge >= 0.3 is 5.97 Å². The van der Waals surface area contributed by atoms with Crippen molar-refractivity contribution in [2.45, 2.75) is 45.1 Å². The molecule has 0 aliphatic heterocycles. The predicted molar refractivity (Wildman–Crippen MR) is 63.7 cm³/mol. The highest BCUT2D eigenvalue weighted by Crippen LogP contribution is 2.30. The number of hydrogen-bond acceptors (Lipinski definition) is 3. The van der Waals surface area contributed by atoms with Gasteiger partial charge in [0, 0.05) is 6.54 Å². The maximum Gasteiger partial charge on any atom is 0.324 e. The Bertz CT molecular complexity index is 372. The normalized spacial score (nSPS) is 19.7. The Morgan fingerprint density at radius 2 is 1.88 bits per heavy atom. The summed E-state index contributed by atoms with van der Waals surface area (Å²) in [5, 5.41) is 9.15. The highest BCUT2D eigenvalue weighted by Gasteiger charge is 2.44. The van der Waals surface area contributed by atoms with Crippen LogP contribution in [0.3, 0.4) is 0 Å². The molecule has 0 spiro atoms. The minimum absolute atomic E-state index is 0.177. The molecule has 6 nitrogen and oxygen atoms in total. The van der Waals surface area contributed by atoms with Gasteiger partial charge in [0.2, 0.25) is 0 Å². The highest BCUT2D eigenvalue weighted by atomic mass is 32.2. The van der Waals surface area contributed by atoms with Gasteiger partial charge in [0.1, 0.15) is 5.54 Å². The Morgan fingerprint density at radius 3 is 2.29 bits per heavy atom. The molecule has 0 atom stereocenters. The third-order valence-corrected chi connectivity index (χ3v) is 4.08. The van der Waals surface area contributed by atoms with Gasteiger partial charge in [-0.05, 0) is 18.8 Å². The van der Waals surface area contributed by atoms with E-state index in [-0.39, 0.29) is 5.92 Å². The summed E-state index contributed by atoms with van der Waals surface area (Å²) in [6, 6.07) is 0. The molecule has 17 heavy (non-hydrogen) atoms. The van der Waals surface area contributed by atoms with Gasteiger partial charge in [0.15, 0.2) is 0 Å². The molecule has 1 rings (SSSR count). The minimum atomic E-state index is -3.74. The van der Waals surface area contributed by atoms with E-state index in [1.165, 1.54) is 0 Å². The number of nitrogens with one attached hydrogen (secondary N) is 2. The Hall–Kier alpha value is -0.660. The largest absolute Gasteiger partial charge is 0.480 e. The molecule has 0 bridgehead atoms. The average molecular weight is 264 g/mol. The smallest absolute Gasteiger partial charge is 0.324 e. The summed E-state index contributed by atoms with van der Waals surface area (Å²) in [5.41, 5.74) is -1.32. The predicted octanol–water partition coefficient (Wildman–Crippen LogP) is 0.464. The van der Waals surface area contributed by atoms with E-state index in [1.54, 1.807) is 0 Å². The fourth-order valence-electron chi connectivity index (χ4n) is 1.91. The first-order chi connectivity index (χ1) is 7.77. The molecule has 1 saturated carbocycles. The van der Waals surface area contributed by atoms with Gasteiger partial charge in [-0.1, -0.05) is 26.7 Å². The van der Waals surface area contributed by atoms with Crippen LogP contribution < -0.4 is 9.44 Å². The van der Waals surface area contributed by atoms with Crippen LogP contribution in [-0.4, -0.2) is 31.6 Å². The lowest BCUT2D eigenvalue weighted by molar-refractivity contribution is -0.143. The van der Waals surface area contributed by atoms with Crippen LogP contribution in [0.4, 0.5) is 0 Å². The van der Waals surface area contributed by atoms with Gasteiger partial charge < -0.3 is 5.11 Å². The van der Waals surface area contributed by atoms with E-state index in [0.717, 1.165) is 12.8 Å². The van der Waals surface area contributed by atoms with Gasteiger partial charge in [0.05, 0.1) is 0 Å². The van der Waals surface area contributed by atoms with Crippen LogP contribution in [0, 0.1) is 5.92 Å². The van der Waals surface area contributed by atoms with Crippen molar-refractivity contribution in [1.82, 2.24) is 9.44 Å². The lowest BCUT2D eigenvalue weighted by Gasteiger charge is -2.25. The molecule has 3 N–H and O–H groups in total. The van der Waals surface area contributed by atoms with Crippen LogP contribution in [0.1, 0.15) is 39.5 Å². The molecular weight excluding hydrogens is 244 g/mol. The van der Waals surface area contributed by atoms with Crippen molar-refractivity contribution in [3.63, 3.8) is 0 Å². The van der Waals surface area contributed by atoms with Crippen LogP contribution in [0.5, 0.6) is 0 Å². The molecule has 0 unspecified atom stereocenters. The lowest BCUT2D eigenvalue weighted by atomic mass is 10.0. The molecule has 0 radical (unpaired) electrons. The summed E-state index contributed by atoms with van der Waals surface area (Å²) in [7, 11) is -3.74. The summed E-state index contributed by atoms with van der Waals surface area (Å²) >= 11 is 0. The van der Waals surface area contributed by atoms with E-state index in [9.17, 15) is 13.2 Å². The maximum atomic E-state index is 11.7. The topological polar surface area (TPSA) is 95.5 Å². The molecule has 0 aromatic rings. The zero-order valence-corrected chi connectivity index (χ0v) is 11.0. The molecule has 7 heteroatoms. The minimum Gasteiger partial charge on any atom is -0.480 e. The monoisotopic (exact) mass is 264 g/mol. The van der Waals surface area contributed by atoms with Crippen molar-refractivity contribution in [3.05, 3.63) is 0 Å². The zero-order chi connectivity index (χ0) is 13.1. The summed E-state index contributed by atoms with van der Waals surface area (Å²) in [6.07, 6.45) is 2.17. The molecule has 0 heterocycles. The molecule has 1 aliphatic carbocycles. The Balaban J connectivity index is 2.70. The van der Waals surface area contributed by atoms with Crippen molar-refractivity contribution >= 4 is 16.2 Å². The Kier molecular flexibility index (Phi) is 4.51. The number of carboxylic acid groups (broad SMARTS) is 1. The first-order valence-electron chi connectivity index (χ1n) is 5.79. The van der Waals surface area contributed by atoms with Crippen LogP contribution in [-0.2, 0) is 15.0 Å². The highest BCUT2D eigenvalue weighted by molar-refractivity contribution is 7.87. The molecule has 100 valence electrons. The van der Waals surface area contributed by atoms with Crippen LogP contribution >= 0.6 is 0 Å². The van der Waals surface area contributed by atoms with E-state index in [1.807, 2.05) is 13.8 Å². The van der Waals surface area contributed by atoms with E-state index in [0.29, 0.717) is 19.4 Å². The summed E-state index contributed by atoms with van der Waals surface area (Å²) < 4.78 is 28.1. The number of aliphatic carboxylic acids is 1. The SMILES string of the molecule is CC(C)CNS(=O)(=O)NC1(C(=O)O)CCCC1. The zero-order valence-electron chi connectivity index (χ0n) is 10.2.